The molecule has 3 N–H and O–H groups in total. The van der Waals surface area contributed by atoms with Gasteiger partial charge in [-0.3, -0.25) is 0 Å². The van der Waals surface area contributed by atoms with E-state index in [-0.39, 0.29) is 0 Å². The van der Waals surface area contributed by atoms with Crippen molar-refractivity contribution in [1.82, 2.24) is 0 Å². The summed E-state index contributed by atoms with van der Waals surface area (Å²) in [6.45, 7) is 0.732. The van der Waals surface area contributed by atoms with Crippen LogP contribution in [0.4, 0.5) is 5.69 Å². The van der Waals surface area contributed by atoms with Gasteiger partial charge in [-0.2, -0.15) is 0 Å². The van der Waals surface area contributed by atoms with Crippen LogP contribution in [0.25, 0.3) is 0 Å². The monoisotopic (exact) mass is 232 g/mol. The van der Waals surface area contributed by atoms with Crippen molar-refractivity contribution in [2.75, 3.05) is 11.9 Å². The lowest BCUT2D eigenvalue weighted by molar-refractivity contribution is 0.620. The fourth-order valence-corrected chi connectivity index (χ4v) is 2.59. The van der Waals surface area contributed by atoms with Crippen LogP contribution in [-0.4, -0.2) is 12.6 Å². The summed E-state index contributed by atoms with van der Waals surface area (Å²) < 4.78 is 0. The molecule has 1 fully saturated rings. The van der Waals surface area contributed by atoms with E-state index in [1.54, 1.807) is 0 Å². The Morgan fingerprint density at radius 2 is 1.65 bits per heavy atom. The summed E-state index contributed by atoms with van der Waals surface area (Å²) in [7, 11) is 0. The largest absolute Gasteiger partial charge is 0.382 e. The number of anilines is 1. The maximum Gasteiger partial charge on any atom is 0.0342 e. The van der Waals surface area contributed by atoms with Crippen LogP contribution in [0.3, 0.4) is 0 Å². The predicted octanol–water partition coefficient (Wildman–Crippen LogP) is 3.32. The molecule has 17 heavy (non-hydrogen) atoms. The molecule has 0 aliphatic heterocycles. The minimum Gasteiger partial charge on any atom is -0.382 e. The van der Waals surface area contributed by atoms with Crippen LogP contribution < -0.4 is 11.1 Å². The van der Waals surface area contributed by atoms with Crippen LogP contribution >= 0.6 is 0 Å². The van der Waals surface area contributed by atoms with Gasteiger partial charge in [-0.05, 0) is 43.5 Å². The zero-order valence-electron chi connectivity index (χ0n) is 10.6. The van der Waals surface area contributed by atoms with Gasteiger partial charge in [0.25, 0.3) is 0 Å². The van der Waals surface area contributed by atoms with Gasteiger partial charge >= 0.3 is 0 Å². The second-order valence-electron chi connectivity index (χ2n) is 5.07. The summed E-state index contributed by atoms with van der Waals surface area (Å²) in [5.41, 5.74) is 8.14. The van der Waals surface area contributed by atoms with Gasteiger partial charge in [0.15, 0.2) is 0 Å². The summed E-state index contributed by atoms with van der Waals surface area (Å²) in [6, 6.07) is 9.43. The lowest BCUT2D eigenvalue weighted by Crippen LogP contribution is -2.18. The second-order valence-corrected chi connectivity index (χ2v) is 5.07. The molecule has 0 saturated heterocycles. The van der Waals surface area contributed by atoms with E-state index in [1.807, 2.05) is 0 Å². The molecule has 94 valence electrons. The molecular weight excluding hydrogens is 208 g/mol. The van der Waals surface area contributed by atoms with Gasteiger partial charge in [0.2, 0.25) is 0 Å². The van der Waals surface area contributed by atoms with Gasteiger partial charge < -0.3 is 11.1 Å². The van der Waals surface area contributed by atoms with Crippen LogP contribution in [0, 0.1) is 0 Å². The van der Waals surface area contributed by atoms with E-state index >= 15 is 0 Å². The molecule has 2 heteroatoms. The normalized spacial score (nSPS) is 17.7. The molecule has 1 aliphatic carbocycles. The number of rotatable bonds is 4. The molecule has 1 aromatic carbocycles. The Kier molecular flexibility index (Phi) is 4.87. The predicted molar refractivity (Wildman–Crippen MR) is 74.3 cm³/mol. The zero-order valence-corrected chi connectivity index (χ0v) is 10.6. The van der Waals surface area contributed by atoms with Crippen molar-refractivity contribution >= 4 is 5.69 Å². The average Bonchev–Trinajstić information content (AvgIpc) is 2.61. The number of nitrogens with two attached hydrogens (primary N) is 1. The Balaban J connectivity index is 1.88. The van der Waals surface area contributed by atoms with Gasteiger partial charge in [-0.15, -0.1) is 0 Å². The van der Waals surface area contributed by atoms with Gasteiger partial charge in [0.05, 0.1) is 0 Å². The highest BCUT2D eigenvalue weighted by molar-refractivity contribution is 5.45. The molecule has 1 aliphatic rings. The number of hydrogen-bond donors (Lipinski definition) is 2. The van der Waals surface area contributed by atoms with Crippen LogP contribution in [0.5, 0.6) is 0 Å². The average molecular weight is 232 g/mol. The summed E-state index contributed by atoms with van der Waals surface area (Å²) in [5.74, 6) is 0. The summed E-state index contributed by atoms with van der Waals surface area (Å²) in [6.07, 6.45) is 9.20. The third-order valence-corrected chi connectivity index (χ3v) is 3.61. The Labute approximate surface area is 105 Å². The van der Waals surface area contributed by atoms with E-state index in [9.17, 15) is 0 Å². The minimum atomic E-state index is 0.679. The van der Waals surface area contributed by atoms with Crippen molar-refractivity contribution in [2.24, 2.45) is 5.73 Å². The van der Waals surface area contributed by atoms with Crippen molar-refractivity contribution in [1.29, 1.82) is 0 Å². The summed E-state index contributed by atoms with van der Waals surface area (Å²) in [4.78, 5) is 0. The van der Waals surface area contributed by atoms with Crippen molar-refractivity contribution in [3.63, 3.8) is 0 Å². The van der Waals surface area contributed by atoms with Crippen molar-refractivity contribution in [3.8, 4) is 0 Å². The first-order valence-electron chi connectivity index (χ1n) is 6.94. The second kappa shape index (κ2) is 6.65. The lowest BCUT2D eigenvalue weighted by atomic mass is 10.1. The quantitative estimate of drug-likeness (QED) is 0.781. The molecule has 0 bridgehead atoms. The van der Waals surface area contributed by atoms with Gasteiger partial charge in [-0.25, -0.2) is 0 Å². The third kappa shape index (κ3) is 4.04. The molecule has 0 spiro atoms. The third-order valence-electron chi connectivity index (χ3n) is 3.61. The van der Waals surface area contributed by atoms with Crippen molar-refractivity contribution in [3.05, 3.63) is 29.8 Å². The smallest absolute Gasteiger partial charge is 0.0342 e. The maximum absolute atomic E-state index is 5.55. The van der Waals surface area contributed by atoms with Crippen LogP contribution in [0.2, 0.25) is 0 Å². The number of benzene rings is 1. The van der Waals surface area contributed by atoms with E-state index in [4.69, 9.17) is 5.73 Å². The first-order valence-corrected chi connectivity index (χ1v) is 6.94. The Morgan fingerprint density at radius 3 is 2.24 bits per heavy atom. The number of nitrogens with one attached hydrogen (secondary N) is 1. The fraction of sp³-hybridized carbons (Fsp3) is 0.600. The topological polar surface area (TPSA) is 38.0 Å². The van der Waals surface area contributed by atoms with Crippen LogP contribution in [0.15, 0.2) is 24.3 Å². The Morgan fingerprint density at radius 1 is 1.00 bits per heavy atom. The van der Waals surface area contributed by atoms with Gasteiger partial charge in [0, 0.05) is 11.7 Å². The highest BCUT2D eigenvalue weighted by Gasteiger charge is 2.11. The Bertz CT molecular complexity index is 310. The SMILES string of the molecule is NCCc1ccc(NC2CCCCCC2)cc1. The molecule has 1 aromatic rings. The molecule has 0 unspecified atom stereocenters. The molecular formula is C15H24N2. The minimum absolute atomic E-state index is 0.679. The first kappa shape index (κ1) is 12.4. The van der Waals surface area contributed by atoms with E-state index in [1.165, 1.54) is 49.8 Å². The summed E-state index contributed by atoms with van der Waals surface area (Å²) >= 11 is 0. The van der Waals surface area contributed by atoms with Gasteiger partial charge in [0.1, 0.15) is 0 Å². The first-order chi connectivity index (χ1) is 8.38. The number of hydrogen-bond acceptors (Lipinski definition) is 2. The highest BCUT2D eigenvalue weighted by atomic mass is 14.9. The van der Waals surface area contributed by atoms with Crippen LogP contribution in [-0.2, 0) is 6.42 Å². The molecule has 0 amide bonds. The molecule has 0 heterocycles. The summed E-state index contributed by atoms with van der Waals surface area (Å²) in [5, 5.41) is 3.66. The molecule has 0 atom stereocenters. The fourth-order valence-electron chi connectivity index (χ4n) is 2.59. The molecule has 2 rings (SSSR count). The van der Waals surface area contributed by atoms with Crippen LogP contribution in [0.1, 0.15) is 44.1 Å². The Hall–Kier alpha value is -1.02. The molecule has 2 nitrogen and oxygen atoms in total. The zero-order chi connectivity index (χ0) is 11.9. The molecule has 0 radical (unpaired) electrons. The van der Waals surface area contributed by atoms with E-state index < -0.39 is 0 Å². The maximum atomic E-state index is 5.55. The lowest BCUT2D eigenvalue weighted by Gasteiger charge is -2.17. The van der Waals surface area contributed by atoms with E-state index in [2.05, 4.69) is 29.6 Å². The van der Waals surface area contributed by atoms with Crippen molar-refractivity contribution < 1.29 is 0 Å². The van der Waals surface area contributed by atoms with E-state index in [0.29, 0.717) is 6.04 Å². The van der Waals surface area contributed by atoms with Crippen molar-refractivity contribution in [2.45, 2.75) is 51.0 Å². The van der Waals surface area contributed by atoms with E-state index in [0.717, 1.165) is 13.0 Å². The molecule has 0 aromatic heterocycles. The molecule has 1 saturated carbocycles. The van der Waals surface area contributed by atoms with Gasteiger partial charge in [-0.1, -0.05) is 37.8 Å². The standard InChI is InChI=1S/C15H24N2/c16-12-11-13-7-9-15(10-8-13)17-14-5-3-1-2-4-6-14/h7-10,14,17H,1-6,11-12,16H2. The highest BCUT2D eigenvalue weighted by Crippen LogP contribution is 2.21.